The van der Waals surface area contributed by atoms with E-state index in [9.17, 15) is 5.11 Å². The summed E-state index contributed by atoms with van der Waals surface area (Å²) in [6.45, 7) is 5.84. The Morgan fingerprint density at radius 1 is 1.20 bits per heavy atom. The SMILES string of the molecule is Cc1ccc2c(c1)CCC(C(C)(C)O)=C2. The number of hydrogen-bond donors (Lipinski definition) is 1. The highest BCUT2D eigenvalue weighted by atomic mass is 16.3. The summed E-state index contributed by atoms with van der Waals surface area (Å²) in [7, 11) is 0. The van der Waals surface area contributed by atoms with Crippen molar-refractivity contribution in [2.45, 2.75) is 39.2 Å². The Kier molecular flexibility index (Phi) is 2.43. The summed E-state index contributed by atoms with van der Waals surface area (Å²) in [6, 6.07) is 6.52. The van der Waals surface area contributed by atoms with Crippen molar-refractivity contribution in [3.8, 4) is 0 Å². The zero-order chi connectivity index (χ0) is 11.1. The molecule has 0 aliphatic heterocycles. The minimum atomic E-state index is -0.678. The van der Waals surface area contributed by atoms with E-state index < -0.39 is 5.60 Å². The molecule has 0 spiro atoms. The van der Waals surface area contributed by atoms with Crippen LogP contribution in [-0.4, -0.2) is 10.7 Å². The van der Waals surface area contributed by atoms with E-state index >= 15 is 0 Å². The van der Waals surface area contributed by atoms with E-state index in [0.717, 1.165) is 18.4 Å². The molecule has 1 heteroatoms. The molecule has 2 rings (SSSR count). The molecule has 0 unspecified atom stereocenters. The van der Waals surface area contributed by atoms with Gasteiger partial charge in [-0.3, -0.25) is 0 Å². The second kappa shape index (κ2) is 3.49. The normalized spacial score (nSPS) is 15.9. The zero-order valence-electron chi connectivity index (χ0n) is 9.67. The molecule has 1 N–H and O–H groups in total. The molecular formula is C14H18O. The first-order chi connectivity index (χ1) is 6.97. The van der Waals surface area contributed by atoms with Gasteiger partial charge in [0.1, 0.15) is 0 Å². The van der Waals surface area contributed by atoms with E-state index in [4.69, 9.17) is 0 Å². The quantitative estimate of drug-likeness (QED) is 0.742. The fourth-order valence-electron chi connectivity index (χ4n) is 2.10. The molecule has 15 heavy (non-hydrogen) atoms. The van der Waals surface area contributed by atoms with Crippen LogP contribution in [0.3, 0.4) is 0 Å². The minimum absolute atomic E-state index is 0.678. The molecular weight excluding hydrogens is 184 g/mol. The van der Waals surface area contributed by atoms with Crippen molar-refractivity contribution >= 4 is 6.08 Å². The Morgan fingerprint density at radius 2 is 1.93 bits per heavy atom. The van der Waals surface area contributed by atoms with Crippen LogP contribution >= 0.6 is 0 Å². The molecule has 0 saturated heterocycles. The molecule has 0 fully saturated rings. The third kappa shape index (κ3) is 2.13. The first kappa shape index (κ1) is 10.4. The van der Waals surface area contributed by atoms with Crippen molar-refractivity contribution < 1.29 is 5.11 Å². The number of benzene rings is 1. The fraction of sp³-hybridized carbons (Fsp3) is 0.429. The van der Waals surface area contributed by atoms with Crippen molar-refractivity contribution in [3.63, 3.8) is 0 Å². The van der Waals surface area contributed by atoms with Gasteiger partial charge >= 0.3 is 0 Å². The molecule has 1 aromatic rings. The molecule has 1 aromatic carbocycles. The number of rotatable bonds is 1. The maximum Gasteiger partial charge on any atom is 0.0804 e. The molecule has 1 nitrogen and oxygen atoms in total. The van der Waals surface area contributed by atoms with Crippen LogP contribution in [0.25, 0.3) is 6.08 Å². The lowest BCUT2D eigenvalue weighted by Crippen LogP contribution is -2.23. The highest BCUT2D eigenvalue weighted by Crippen LogP contribution is 2.30. The summed E-state index contributed by atoms with van der Waals surface area (Å²) >= 11 is 0. The molecule has 0 saturated carbocycles. The maximum atomic E-state index is 9.95. The number of aliphatic hydroxyl groups is 1. The van der Waals surface area contributed by atoms with Crippen LogP contribution in [0, 0.1) is 6.92 Å². The lowest BCUT2D eigenvalue weighted by atomic mass is 9.84. The first-order valence-corrected chi connectivity index (χ1v) is 5.50. The molecule has 0 atom stereocenters. The van der Waals surface area contributed by atoms with Gasteiger partial charge in [-0.25, -0.2) is 0 Å². The van der Waals surface area contributed by atoms with Crippen LogP contribution in [0.2, 0.25) is 0 Å². The monoisotopic (exact) mass is 202 g/mol. The summed E-state index contributed by atoms with van der Waals surface area (Å²) in [5.74, 6) is 0. The van der Waals surface area contributed by atoms with Crippen molar-refractivity contribution in [2.75, 3.05) is 0 Å². The Bertz CT molecular complexity index is 408. The van der Waals surface area contributed by atoms with Crippen molar-refractivity contribution in [1.29, 1.82) is 0 Å². The van der Waals surface area contributed by atoms with Crippen LogP contribution in [0.1, 0.15) is 37.0 Å². The van der Waals surface area contributed by atoms with Crippen LogP contribution in [0.4, 0.5) is 0 Å². The predicted molar refractivity (Wildman–Crippen MR) is 63.8 cm³/mol. The van der Waals surface area contributed by atoms with Gasteiger partial charge < -0.3 is 5.11 Å². The van der Waals surface area contributed by atoms with Crippen molar-refractivity contribution in [2.24, 2.45) is 0 Å². The average molecular weight is 202 g/mol. The van der Waals surface area contributed by atoms with Gasteiger partial charge in [0.05, 0.1) is 5.60 Å². The number of aryl methyl sites for hydroxylation is 2. The highest BCUT2D eigenvalue weighted by molar-refractivity contribution is 5.61. The van der Waals surface area contributed by atoms with E-state index in [0.29, 0.717) is 0 Å². The second-order valence-corrected chi connectivity index (χ2v) is 4.93. The fourth-order valence-corrected chi connectivity index (χ4v) is 2.10. The zero-order valence-corrected chi connectivity index (χ0v) is 9.67. The van der Waals surface area contributed by atoms with Gasteiger partial charge in [0.25, 0.3) is 0 Å². The van der Waals surface area contributed by atoms with Crippen LogP contribution in [0.5, 0.6) is 0 Å². The average Bonchev–Trinajstić information content (AvgIpc) is 2.15. The van der Waals surface area contributed by atoms with Gasteiger partial charge in [0, 0.05) is 0 Å². The van der Waals surface area contributed by atoms with E-state index in [-0.39, 0.29) is 0 Å². The minimum Gasteiger partial charge on any atom is -0.386 e. The third-order valence-electron chi connectivity index (χ3n) is 3.08. The van der Waals surface area contributed by atoms with Crippen molar-refractivity contribution in [3.05, 3.63) is 40.5 Å². The largest absolute Gasteiger partial charge is 0.386 e. The number of fused-ring (bicyclic) bond motifs is 1. The number of hydrogen-bond acceptors (Lipinski definition) is 1. The van der Waals surface area contributed by atoms with Crippen LogP contribution in [0.15, 0.2) is 23.8 Å². The van der Waals surface area contributed by atoms with E-state index in [1.54, 1.807) is 0 Å². The third-order valence-corrected chi connectivity index (χ3v) is 3.08. The molecule has 0 bridgehead atoms. The van der Waals surface area contributed by atoms with Gasteiger partial charge in [0.2, 0.25) is 0 Å². The van der Waals surface area contributed by atoms with Crippen molar-refractivity contribution in [1.82, 2.24) is 0 Å². The molecule has 0 aromatic heterocycles. The van der Waals surface area contributed by atoms with Gasteiger partial charge in [0.15, 0.2) is 0 Å². The molecule has 0 amide bonds. The summed E-state index contributed by atoms with van der Waals surface area (Å²) < 4.78 is 0. The van der Waals surface area contributed by atoms with E-state index in [1.165, 1.54) is 16.7 Å². The lowest BCUT2D eigenvalue weighted by Gasteiger charge is -2.26. The maximum absolute atomic E-state index is 9.95. The van der Waals surface area contributed by atoms with Crippen LogP contribution < -0.4 is 0 Å². The second-order valence-electron chi connectivity index (χ2n) is 4.93. The molecule has 1 aliphatic carbocycles. The summed E-state index contributed by atoms with van der Waals surface area (Å²) in [4.78, 5) is 0. The van der Waals surface area contributed by atoms with E-state index in [2.05, 4.69) is 31.2 Å². The lowest BCUT2D eigenvalue weighted by molar-refractivity contribution is 0.117. The summed E-state index contributed by atoms with van der Waals surface area (Å²) in [5, 5.41) is 9.95. The Labute approximate surface area is 91.4 Å². The highest BCUT2D eigenvalue weighted by Gasteiger charge is 2.22. The Balaban J connectivity index is 2.42. The summed E-state index contributed by atoms with van der Waals surface area (Å²) in [5.41, 5.74) is 4.45. The van der Waals surface area contributed by atoms with Gasteiger partial charge in [-0.1, -0.05) is 29.8 Å². The standard InChI is InChI=1S/C14H18O/c1-10-4-5-12-9-13(14(2,3)15)7-6-11(12)8-10/h4-5,8-9,15H,6-7H2,1-3H3. The smallest absolute Gasteiger partial charge is 0.0804 e. The molecule has 80 valence electrons. The molecule has 1 aliphatic rings. The van der Waals surface area contributed by atoms with E-state index in [1.807, 2.05) is 13.8 Å². The topological polar surface area (TPSA) is 20.2 Å². The predicted octanol–water partition coefficient (Wildman–Crippen LogP) is 3.10. The van der Waals surface area contributed by atoms with Gasteiger partial charge in [-0.15, -0.1) is 0 Å². The Morgan fingerprint density at radius 3 is 2.60 bits per heavy atom. The van der Waals surface area contributed by atoms with Gasteiger partial charge in [-0.2, -0.15) is 0 Å². The summed E-state index contributed by atoms with van der Waals surface area (Å²) in [6.07, 6.45) is 4.16. The first-order valence-electron chi connectivity index (χ1n) is 5.50. The molecule has 0 radical (unpaired) electrons. The van der Waals surface area contributed by atoms with Gasteiger partial charge in [-0.05, 0) is 50.3 Å². The molecule has 0 heterocycles. The van der Waals surface area contributed by atoms with Crippen LogP contribution in [-0.2, 0) is 6.42 Å². The Hall–Kier alpha value is -1.08.